The number of fused-ring (bicyclic) bond motifs is 1. The summed E-state index contributed by atoms with van der Waals surface area (Å²) in [5.41, 5.74) is 2.50. The molecule has 2 saturated heterocycles. The van der Waals surface area contributed by atoms with Gasteiger partial charge in [0.25, 0.3) is 11.8 Å². The highest BCUT2D eigenvalue weighted by atomic mass is 32.2. The largest absolute Gasteiger partial charge is 0.352 e. The number of rotatable bonds is 8. The molecule has 2 aliphatic heterocycles. The van der Waals surface area contributed by atoms with Crippen LogP contribution in [0.2, 0.25) is 0 Å². The fourth-order valence-corrected chi connectivity index (χ4v) is 7.40. The Morgan fingerprint density at radius 1 is 1.03 bits per heavy atom. The second-order valence-corrected chi connectivity index (χ2v) is 12.6. The van der Waals surface area contributed by atoms with Gasteiger partial charge in [0.1, 0.15) is 5.82 Å². The van der Waals surface area contributed by atoms with Crippen LogP contribution in [0.1, 0.15) is 73.4 Å². The van der Waals surface area contributed by atoms with E-state index in [2.05, 4.69) is 17.1 Å². The number of thioether (sulfide) groups is 1. The molecule has 5 nitrogen and oxygen atoms in total. The van der Waals surface area contributed by atoms with Crippen molar-refractivity contribution < 1.29 is 14.0 Å². The van der Waals surface area contributed by atoms with Gasteiger partial charge in [0.15, 0.2) is 0 Å². The average molecular weight is 550 g/mol. The van der Waals surface area contributed by atoms with Crippen LogP contribution in [-0.4, -0.2) is 59.1 Å². The first-order valence-corrected chi connectivity index (χ1v) is 15.4. The molecule has 3 aliphatic rings. The van der Waals surface area contributed by atoms with Crippen LogP contribution < -0.4 is 5.32 Å². The molecule has 0 spiro atoms. The van der Waals surface area contributed by atoms with E-state index in [4.69, 9.17) is 0 Å². The number of carbonyl (C=O) groups is 2. The Kier molecular flexibility index (Phi) is 9.40. The highest BCUT2D eigenvalue weighted by molar-refractivity contribution is 8.04. The van der Waals surface area contributed by atoms with Crippen LogP contribution >= 0.6 is 11.8 Å². The van der Waals surface area contributed by atoms with Gasteiger partial charge in [-0.15, -0.1) is 11.8 Å². The summed E-state index contributed by atoms with van der Waals surface area (Å²) in [5, 5.41) is 3.43. The molecule has 2 aromatic carbocycles. The summed E-state index contributed by atoms with van der Waals surface area (Å²) in [4.78, 5) is 31.5. The molecular weight excluding hydrogens is 509 g/mol. The van der Waals surface area contributed by atoms with Crippen LogP contribution in [-0.2, 0) is 11.3 Å². The number of halogens is 1. The SMILES string of the molecule is CC1CCN(CCCNC(=O)c2ccc(/C=C3\SC4CCCCC4N(Cc4ccc(F)cc4)C3=O)cc2)CC1. The number of nitrogens with zero attached hydrogens (tertiary/aromatic N) is 2. The van der Waals surface area contributed by atoms with Crippen molar-refractivity contribution in [2.45, 2.75) is 69.7 Å². The van der Waals surface area contributed by atoms with Crippen LogP contribution in [0, 0.1) is 11.7 Å². The molecule has 5 rings (SSSR count). The minimum absolute atomic E-state index is 0.0393. The molecule has 208 valence electrons. The maximum atomic E-state index is 13.6. The summed E-state index contributed by atoms with van der Waals surface area (Å²) >= 11 is 1.70. The topological polar surface area (TPSA) is 52.7 Å². The van der Waals surface area contributed by atoms with Crippen molar-refractivity contribution in [3.63, 3.8) is 0 Å². The third-order valence-electron chi connectivity index (χ3n) is 8.37. The zero-order valence-electron chi connectivity index (χ0n) is 22.9. The van der Waals surface area contributed by atoms with E-state index in [0.29, 0.717) is 23.9 Å². The minimum atomic E-state index is -0.264. The van der Waals surface area contributed by atoms with Crippen molar-refractivity contribution in [1.29, 1.82) is 0 Å². The van der Waals surface area contributed by atoms with Gasteiger partial charge in [0.05, 0.1) is 4.91 Å². The van der Waals surface area contributed by atoms with Crippen molar-refractivity contribution >= 4 is 29.7 Å². The maximum absolute atomic E-state index is 13.6. The Hall–Kier alpha value is -2.64. The lowest BCUT2D eigenvalue weighted by molar-refractivity contribution is -0.130. The fraction of sp³-hybridized carbons (Fsp3) is 0.500. The van der Waals surface area contributed by atoms with Crippen LogP contribution in [0.25, 0.3) is 6.08 Å². The van der Waals surface area contributed by atoms with Crippen molar-refractivity contribution in [1.82, 2.24) is 15.1 Å². The minimum Gasteiger partial charge on any atom is -0.352 e. The summed E-state index contributed by atoms with van der Waals surface area (Å²) in [7, 11) is 0. The molecule has 2 atom stereocenters. The number of carbonyl (C=O) groups excluding carboxylic acids is 2. The standard InChI is InChI=1S/C32H40FN3O2S/c1-23-15-19-35(20-16-23)18-4-17-34-31(37)26-11-7-24(8-12-26)21-30-32(38)36(22-25-9-13-27(33)14-10-25)28-5-2-3-6-29(28)39-30/h7-14,21,23,28-29H,2-6,15-20,22H2,1H3,(H,34,37)/b30-21-. The molecule has 0 bridgehead atoms. The summed E-state index contributed by atoms with van der Waals surface area (Å²) in [5.74, 6) is 0.552. The van der Waals surface area contributed by atoms with Crippen LogP contribution in [0.3, 0.4) is 0 Å². The zero-order chi connectivity index (χ0) is 27.2. The molecule has 2 unspecified atom stereocenters. The molecule has 2 amide bonds. The fourth-order valence-electron chi connectivity index (χ4n) is 5.92. The van der Waals surface area contributed by atoms with Crippen LogP contribution in [0.4, 0.5) is 4.39 Å². The Morgan fingerprint density at radius 3 is 2.49 bits per heavy atom. The molecule has 1 aliphatic carbocycles. The Balaban J connectivity index is 1.19. The Bertz CT molecular complexity index is 1160. The Labute approximate surface area is 236 Å². The first-order valence-electron chi connectivity index (χ1n) is 14.5. The second-order valence-electron chi connectivity index (χ2n) is 11.3. The summed E-state index contributed by atoms with van der Waals surface area (Å²) < 4.78 is 13.4. The van der Waals surface area contributed by atoms with Gasteiger partial charge in [0.2, 0.25) is 0 Å². The van der Waals surface area contributed by atoms with Gasteiger partial charge in [-0.3, -0.25) is 9.59 Å². The maximum Gasteiger partial charge on any atom is 0.260 e. The van der Waals surface area contributed by atoms with Crippen LogP contribution in [0.5, 0.6) is 0 Å². The second kappa shape index (κ2) is 13.1. The third kappa shape index (κ3) is 7.31. The lowest BCUT2D eigenvalue weighted by Gasteiger charge is -2.44. The first kappa shape index (κ1) is 27.9. The molecule has 2 heterocycles. The lowest BCUT2D eigenvalue weighted by Crippen LogP contribution is -2.50. The molecule has 0 aromatic heterocycles. The predicted molar refractivity (Wildman–Crippen MR) is 157 cm³/mol. The molecule has 3 fully saturated rings. The van der Waals surface area contributed by atoms with E-state index < -0.39 is 0 Å². The van der Waals surface area contributed by atoms with Gasteiger partial charge in [0, 0.05) is 29.9 Å². The summed E-state index contributed by atoms with van der Waals surface area (Å²) in [6.45, 7) is 6.85. The molecule has 39 heavy (non-hydrogen) atoms. The number of nitrogens with one attached hydrogen (secondary N) is 1. The highest BCUT2D eigenvalue weighted by Gasteiger charge is 2.40. The smallest absolute Gasteiger partial charge is 0.260 e. The van der Waals surface area contributed by atoms with Crippen molar-refractivity contribution in [3.05, 3.63) is 75.9 Å². The van der Waals surface area contributed by atoms with E-state index in [1.807, 2.05) is 35.2 Å². The van der Waals surface area contributed by atoms with Gasteiger partial charge < -0.3 is 15.1 Å². The molecular formula is C32H40FN3O2S. The van der Waals surface area contributed by atoms with Gasteiger partial charge in [-0.05, 0) is 99.1 Å². The number of likely N-dealkylation sites (tertiary alicyclic amines) is 1. The number of hydrogen-bond donors (Lipinski definition) is 1. The van der Waals surface area contributed by atoms with Gasteiger partial charge in [-0.1, -0.05) is 44.0 Å². The van der Waals surface area contributed by atoms with Crippen molar-refractivity contribution in [3.8, 4) is 0 Å². The Morgan fingerprint density at radius 2 is 1.74 bits per heavy atom. The summed E-state index contributed by atoms with van der Waals surface area (Å²) in [6.07, 6.45) is 9.88. The first-order chi connectivity index (χ1) is 19.0. The van der Waals surface area contributed by atoms with Crippen LogP contribution in [0.15, 0.2) is 53.4 Å². The normalized spacial score (nSPS) is 23.6. The van der Waals surface area contributed by atoms with E-state index in [-0.39, 0.29) is 23.7 Å². The summed E-state index contributed by atoms with van der Waals surface area (Å²) in [6, 6.07) is 14.2. The molecule has 2 aromatic rings. The average Bonchev–Trinajstić information content (AvgIpc) is 2.95. The van der Waals surface area contributed by atoms with E-state index in [9.17, 15) is 14.0 Å². The molecule has 7 heteroatoms. The predicted octanol–water partition coefficient (Wildman–Crippen LogP) is 6.11. The van der Waals surface area contributed by atoms with E-state index >= 15 is 0 Å². The monoisotopic (exact) mass is 549 g/mol. The molecule has 1 saturated carbocycles. The van der Waals surface area contributed by atoms with E-state index in [1.54, 1.807) is 23.9 Å². The zero-order valence-corrected chi connectivity index (χ0v) is 23.7. The molecule has 1 N–H and O–H groups in total. The van der Waals surface area contributed by atoms with E-state index in [0.717, 1.165) is 67.3 Å². The highest BCUT2D eigenvalue weighted by Crippen LogP contribution is 2.42. The quantitative estimate of drug-likeness (QED) is 0.319. The number of hydrogen-bond acceptors (Lipinski definition) is 4. The number of piperidine rings is 1. The number of benzene rings is 2. The van der Waals surface area contributed by atoms with Crippen molar-refractivity contribution in [2.75, 3.05) is 26.2 Å². The van der Waals surface area contributed by atoms with Gasteiger partial charge in [-0.25, -0.2) is 4.39 Å². The number of amides is 2. The van der Waals surface area contributed by atoms with E-state index in [1.165, 1.54) is 31.4 Å². The van der Waals surface area contributed by atoms with Gasteiger partial charge >= 0.3 is 0 Å². The third-order valence-corrected chi connectivity index (χ3v) is 9.77. The molecule has 0 radical (unpaired) electrons. The lowest BCUT2D eigenvalue weighted by atomic mass is 9.92. The van der Waals surface area contributed by atoms with Gasteiger partial charge in [-0.2, -0.15) is 0 Å². The van der Waals surface area contributed by atoms with Crippen molar-refractivity contribution in [2.24, 2.45) is 5.92 Å².